The van der Waals surface area contributed by atoms with Gasteiger partial charge in [0.15, 0.2) is 0 Å². The number of benzodiazepines with no additional fused rings is 1. The van der Waals surface area contributed by atoms with Gasteiger partial charge in [-0.15, -0.1) is 0 Å². The van der Waals surface area contributed by atoms with Crippen molar-refractivity contribution in [3.05, 3.63) is 29.3 Å². The van der Waals surface area contributed by atoms with Crippen LogP contribution in [0.2, 0.25) is 0 Å². The van der Waals surface area contributed by atoms with E-state index in [1.807, 2.05) is 32.0 Å². The third-order valence-electron chi connectivity index (χ3n) is 2.30. The van der Waals surface area contributed by atoms with E-state index in [-0.39, 0.29) is 12.5 Å². The standard InChI is InChI=1S/C11H12N2O/c1-7-3-4-10-9(5-7)8(2)12-6-11(14)13-10/h3-5H,6H2,1-2H3,(H,13,14). The van der Waals surface area contributed by atoms with Crippen LogP contribution in [0, 0.1) is 6.92 Å². The molecule has 1 aliphatic heterocycles. The van der Waals surface area contributed by atoms with Crippen molar-refractivity contribution in [1.82, 2.24) is 0 Å². The van der Waals surface area contributed by atoms with Gasteiger partial charge in [0.25, 0.3) is 0 Å². The first-order valence-electron chi connectivity index (χ1n) is 4.59. The van der Waals surface area contributed by atoms with E-state index in [0.29, 0.717) is 0 Å². The van der Waals surface area contributed by atoms with Crippen molar-refractivity contribution in [3.8, 4) is 0 Å². The van der Waals surface area contributed by atoms with Gasteiger partial charge in [-0.05, 0) is 26.0 Å². The highest BCUT2D eigenvalue weighted by molar-refractivity contribution is 6.10. The van der Waals surface area contributed by atoms with Gasteiger partial charge in [-0.3, -0.25) is 9.79 Å². The topological polar surface area (TPSA) is 41.5 Å². The monoisotopic (exact) mass is 188 g/mol. The average molecular weight is 188 g/mol. The number of nitrogens with zero attached hydrogens (tertiary/aromatic N) is 1. The lowest BCUT2D eigenvalue weighted by Crippen LogP contribution is -2.13. The number of amides is 1. The summed E-state index contributed by atoms with van der Waals surface area (Å²) < 4.78 is 0. The Hall–Kier alpha value is -1.64. The maximum atomic E-state index is 11.3. The molecule has 1 N–H and O–H groups in total. The minimum absolute atomic E-state index is 0.0491. The first kappa shape index (κ1) is 8.94. The van der Waals surface area contributed by atoms with Crippen LogP contribution in [0.1, 0.15) is 18.1 Å². The van der Waals surface area contributed by atoms with E-state index in [4.69, 9.17) is 0 Å². The van der Waals surface area contributed by atoms with Gasteiger partial charge in [0, 0.05) is 17.0 Å². The molecule has 1 heterocycles. The Balaban J connectivity index is 2.57. The van der Waals surface area contributed by atoms with Gasteiger partial charge in [0.1, 0.15) is 6.54 Å². The number of aliphatic imine (C=N–C) groups is 1. The smallest absolute Gasteiger partial charge is 0.246 e. The van der Waals surface area contributed by atoms with Crippen LogP contribution in [-0.4, -0.2) is 18.2 Å². The summed E-state index contributed by atoms with van der Waals surface area (Å²) in [6, 6.07) is 5.95. The molecule has 1 amide bonds. The molecule has 0 saturated heterocycles. The number of hydrogen-bond donors (Lipinski definition) is 1. The van der Waals surface area contributed by atoms with Crippen molar-refractivity contribution in [2.75, 3.05) is 11.9 Å². The zero-order valence-electron chi connectivity index (χ0n) is 8.29. The fourth-order valence-corrected chi connectivity index (χ4v) is 1.53. The normalized spacial score (nSPS) is 15.3. The molecule has 1 aliphatic rings. The Bertz CT molecular complexity index is 421. The molecule has 0 bridgehead atoms. The molecule has 0 unspecified atom stereocenters. The number of benzene rings is 1. The lowest BCUT2D eigenvalue weighted by atomic mass is 10.1. The zero-order chi connectivity index (χ0) is 10.1. The summed E-state index contributed by atoms with van der Waals surface area (Å²) in [6.07, 6.45) is 0. The minimum atomic E-state index is -0.0491. The molecule has 0 saturated carbocycles. The molecule has 0 atom stereocenters. The third kappa shape index (κ3) is 1.53. The molecular formula is C11H12N2O. The summed E-state index contributed by atoms with van der Waals surface area (Å²) in [5.41, 5.74) is 3.98. The summed E-state index contributed by atoms with van der Waals surface area (Å²) >= 11 is 0. The second kappa shape index (κ2) is 3.25. The van der Waals surface area contributed by atoms with Crippen molar-refractivity contribution in [3.63, 3.8) is 0 Å². The van der Waals surface area contributed by atoms with E-state index in [0.717, 1.165) is 17.0 Å². The van der Waals surface area contributed by atoms with Crippen LogP contribution in [0.5, 0.6) is 0 Å². The minimum Gasteiger partial charge on any atom is -0.324 e. The molecule has 0 aromatic heterocycles. The molecule has 3 heteroatoms. The number of rotatable bonds is 0. The average Bonchev–Trinajstić information content (AvgIpc) is 2.29. The van der Waals surface area contributed by atoms with Crippen LogP contribution in [0.4, 0.5) is 5.69 Å². The van der Waals surface area contributed by atoms with Gasteiger partial charge in [0.2, 0.25) is 5.91 Å². The zero-order valence-corrected chi connectivity index (χ0v) is 8.29. The molecule has 0 radical (unpaired) electrons. The van der Waals surface area contributed by atoms with E-state index in [1.165, 1.54) is 5.56 Å². The Morgan fingerprint density at radius 2 is 2.14 bits per heavy atom. The number of carbonyl (C=O) groups is 1. The van der Waals surface area contributed by atoms with Crippen LogP contribution in [0.15, 0.2) is 23.2 Å². The Morgan fingerprint density at radius 1 is 1.36 bits per heavy atom. The summed E-state index contributed by atoms with van der Waals surface area (Å²) in [5, 5.41) is 2.83. The number of hydrogen-bond acceptors (Lipinski definition) is 2. The van der Waals surface area contributed by atoms with Crippen LogP contribution in [-0.2, 0) is 4.79 Å². The first-order valence-corrected chi connectivity index (χ1v) is 4.59. The van der Waals surface area contributed by atoms with Gasteiger partial charge in [-0.2, -0.15) is 0 Å². The molecule has 0 aliphatic carbocycles. The molecule has 14 heavy (non-hydrogen) atoms. The van der Waals surface area contributed by atoms with E-state index in [1.54, 1.807) is 0 Å². The molecule has 0 spiro atoms. The van der Waals surface area contributed by atoms with Crippen LogP contribution in [0.25, 0.3) is 0 Å². The van der Waals surface area contributed by atoms with Gasteiger partial charge >= 0.3 is 0 Å². The van der Waals surface area contributed by atoms with Crippen molar-refractivity contribution in [1.29, 1.82) is 0 Å². The largest absolute Gasteiger partial charge is 0.324 e. The van der Waals surface area contributed by atoms with Crippen molar-refractivity contribution >= 4 is 17.3 Å². The number of fused-ring (bicyclic) bond motifs is 1. The Morgan fingerprint density at radius 3 is 2.93 bits per heavy atom. The molecule has 72 valence electrons. The van der Waals surface area contributed by atoms with Crippen LogP contribution >= 0.6 is 0 Å². The van der Waals surface area contributed by atoms with Crippen LogP contribution in [0.3, 0.4) is 0 Å². The predicted molar refractivity (Wildman–Crippen MR) is 56.9 cm³/mol. The van der Waals surface area contributed by atoms with Crippen molar-refractivity contribution < 1.29 is 4.79 Å². The second-order valence-corrected chi connectivity index (χ2v) is 3.50. The summed E-state index contributed by atoms with van der Waals surface area (Å²) in [5.74, 6) is -0.0491. The summed E-state index contributed by atoms with van der Waals surface area (Å²) in [4.78, 5) is 15.4. The Labute approximate surface area is 82.9 Å². The molecule has 0 fully saturated rings. The number of nitrogens with one attached hydrogen (secondary N) is 1. The van der Waals surface area contributed by atoms with E-state index < -0.39 is 0 Å². The van der Waals surface area contributed by atoms with E-state index in [2.05, 4.69) is 10.3 Å². The highest BCUT2D eigenvalue weighted by Gasteiger charge is 2.12. The lowest BCUT2D eigenvalue weighted by molar-refractivity contribution is -0.114. The highest BCUT2D eigenvalue weighted by Crippen LogP contribution is 2.20. The van der Waals surface area contributed by atoms with E-state index >= 15 is 0 Å². The van der Waals surface area contributed by atoms with Crippen molar-refractivity contribution in [2.24, 2.45) is 4.99 Å². The van der Waals surface area contributed by atoms with Crippen molar-refractivity contribution in [2.45, 2.75) is 13.8 Å². The number of aryl methyl sites for hydroxylation is 1. The molecule has 2 rings (SSSR count). The van der Waals surface area contributed by atoms with Gasteiger partial charge < -0.3 is 5.32 Å². The van der Waals surface area contributed by atoms with Gasteiger partial charge in [-0.1, -0.05) is 11.6 Å². The molecule has 1 aromatic rings. The summed E-state index contributed by atoms with van der Waals surface area (Å²) in [6.45, 7) is 4.18. The maximum Gasteiger partial charge on any atom is 0.246 e. The Kier molecular flexibility index (Phi) is 2.08. The number of carbonyl (C=O) groups excluding carboxylic acids is 1. The molecule has 3 nitrogen and oxygen atoms in total. The van der Waals surface area contributed by atoms with E-state index in [9.17, 15) is 4.79 Å². The van der Waals surface area contributed by atoms with Crippen LogP contribution < -0.4 is 5.32 Å². The fourth-order valence-electron chi connectivity index (χ4n) is 1.53. The fraction of sp³-hybridized carbons (Fsp3) is 0.273. The highest BCUT2D eigenvalue weighted by atomic mass is 16.1. The lowest BCUT2D eigenvalue weighted by Gasteiger charge is -2.07. The maximum absolute atomic E-state index is 11.3. The first-order chi connectivity index (χ1) is 6.66. The predicted octanol–water partition coefficient (Wildman–Crippen LogP) is 1.76. The summed E-state index contributed by atoms with van der Waals surface area (Å²) in [7, 11) is 0. The third-order valence-corrected chi connectivity index (χ3v) is 2.30. The van der Waals surface area contributed by atoms with Gasteiger partial charge in [-0.25, -0.2) is 0 Å². The SMILES string of the molecule is CC1=NCC(=O)Nc2ccc(C)cc21. The quantitative estimate of drug-likeness (QED) is 0.662. The molecular weight excluding hydrogens is 176 g/mol. The number of anilines is 1. The molecule has 1 aromatic carbocycles. The van der Waals surface area contributed by atoms with Gasteiger partial charge in [0.05, 0.1) is 0 Å². The second-order valence-electron chi connectivity index (χ2n) is 3.50.